The predicted octanol–water partition coefficient (Wildman–Crippen LogP) is 5.33. The Kier molecular flexibility index (Phi) is 10.1. The Morgan fingerprint density at radius 1 is 1.07 bits per heavy atom. The summed E-state index contributed by atoms with van der Waals surface area (Å²) in [7, 11) is 4.85. The topological polar surface area (TPSA) is 36.9 Å². The molecule has 2 unspecified atom stereocenters. The third-order valence-corrected chi connectivity index (χ3v) is 4.10. The van der Waals surface area contributed by atoms with Gasteiger partial charge in [-0.1, -0.05) is 49.4 Å². The lowest BCUT2D eigenvalue weighted by molar-refractivity contribution is 0.107. The summed E-state index contributed by atoms with van der Waals surface area (Å²) in [5.74, 6) is 1.96. The maximum atomic E-state index is 5.76. The van der Waals surface area contributed by atoms with E-state index in [4.69, 9.17) is 18.9 Å². The molecule has 1 aliphatic carbocycles. The van der Waals surface area contributed by atoms with Crippen LogP contribution in [0.5, 0.6) is 0 Å². The molecule has 2 atom stereocenters. The van der Waals surface area contributed by atoms with Crippen LogP contribution in [-0.2, 0) is 18.9 Å². The summed E-state index contributed by atoms with van der Waals surface area (Å²) < 4.78 is 21.9. The predicted molar refractivity (Wildman–Crippen MR) is 110 cm³/mol. The molecule has 0 radical (unpaired) electrons. The van der Waals surface area contributed by atoms with E-state index >= 15 is 0 Å². The van der Waals surface area contributed by atoms with Gasteiger partial charge in [0.05, 0.1) is 20.3 Å². The molecule has 0 fully saturated rings. The van der Waals surface area contributed by atoms with Crippen molar-refractivity contribution in [3.05, 3.63) is 83.6 Å². The number of methoxy groups -OCH3 is 3. The van der Waals surface area contributed by atoms with Gasteiger partial charge in [-0.2, -0.15) is 0 Å². The largest absolute Gasteiger partial charge is 0.498 e. The Balaban J connectivity index is 0.000000433. The minimum absolute atomic E-state index is 0.110. The zero-order valence-corrected chi connectivity index (χ0v) is 17.3. The molecule has 1 aromatic rings. The van der Waals surface area contributed by atoms with Crippen molar-refractivity contribution in [2.45, 2.75) is 39.4 Å². The number of allylic oxidation sites excluding steroid dienone is 2. The molecule has 4 heteroatoms. The molecule has 0 heterocycles. The van der Waals surface area contributed by atoms with Gasteiger partial charge in [-0.05, 0) is 38.5 Å². The molecule has 0 aliphatic heterocycles. The van der Waals surface area contributed by atoms with Crippen LogP contribution in [0.2, 0.25) is 0 Å². The molecule has 4 nitrogen and oxygen atoms in total. The molecule has 1 aliphatic rings. The molecule has 0 aromatic heterocycles. The molecule has 0 spiro atoms. The van der Waals surface area contributed by atoms with Gasteiger partial charge >= 0.3 is 0 Å². The van der Waals surface area contributed by atoms with Crippen LogP contribution < -0.4 is 0 Å². The average Bonchev–Trinajstić information content (AvgIpc) is 2.87. The first-order chi connectivity index (χ1) is 12.9. The highest BCUT2D eigenvalue weighted by atomic mass is 16.5. The first-order valence-electron chi connectivity index (χ1n) is 9.08. The van der Waals surface area contributed by atoms with Gasteiger partial charge in [-0.25, -0.2) is 0 Å². The van der Waals surface area contributed by atoms with E-state index in [1.807, 2.05) is 43.4 Å². The fraction of sp³-hybridized carbons (Fsp3) is 0.391. The van der Waals surface area contributed by atoms with E-state index in [0.717, 1.165) is 12.0 Å². The number of hydrogen-bond donors (Lipinski definition) is 0. The van der Waals surface area contributed by atoms with Gasteiger partial charge in [0.2, 0.25) is 0 Å². The van der Waals surface area contributed by atoms with Crippen LogP contribution in [-0.4, -0.2) is 33.5 Å². The first-order valence-corrected chi connectivity index (χ1v) is 9.08. The van der Waals surface area contributed by atoms with Crippen molar-refractivity contribution in [3.63, 3.8) is 0 Å². The van der Waals surface area contributed by atoms with Crippen LogP contribution in [0.3, 0.4) is 0 Å². The fourth-order valence-corrected chi connectivity index (χ4v) is 2.29. The lowest BCUT2D eigenvalue weighted by atomic mass is 10.2. The molecule has 0 bridgehead atoms. The maximum absolute atomic E-state index is 5.76. The summed E-state index contributed by atoms with van der Waals surface area (Å²) in [6.07, 6.45) is 6.31. The molecule has 1 aromatic carbocycles. The Labute approximate surface area is 163 Å². The average molecular weight is 373 g/mol. The zero-order chi connectivity index (χ0) is 20.2. The Hall–Kier alpha value is -2.46. The third-order valence-electron chi connectivity index (χ3n) is 4.10. The molecule has 148 valence electrons. The molecule has 0 N–H and O–H groups in total. The minimum Gasteiger partial charge on any atom is -0.498 e. The number of benzene rings is 1. The van der Waals surface area contributed by atoms with E-state index in [-0.39, 0.29) is 12.2 Å². The Morgan fingerprint density at radius 3 is 2.19 bits per heavy atom. The smallest absolute Gasteiger partial charge is 0.136 e. The normalized spacial score (nSPS) is 17.1. The molecular weight excluding hydrogens is 340 g/mol. The summed E-state index contributed by atoms with van der Waals surface area (Å²) in [4.78, 5) is 0. The van der Waals surface area contributed by atoms with E-state index in [9.17, 15) is 0 Å². The second kappa shape index (κ2) is 12.0. The first kappa shape index (κ1) is 22.6. The third kappa shape index (κ3) is 7.75. The van der Waals surface area contributed by atoms with Crippen LogP contribution >= 0.6 is 0 Å². The highest BCUT2D eigenvalue weighted by Gasteiger charge is 2.19. The number of hydrogen-bond acceptors (Lipinski definition) is 4. The van der Waals surface area contributed by atoms with Crippen molar-refractivity contribution in [2.24, 2.45) is 0 Å². The van der Waals surface area contributed by atoms with Crippen molar-refractivity contribution < 1.29 is 18.9 Å². The Morgan fingerprint density at radius 2 is 1.74 bits per heavy atom. The van der Waals surface area contributed by atoms with Gasteiger partial charge in [0.25, 0.3) is 0 Å². The van der Waals surface area contributed by atoms with Gasteiger partial charge in [-0.3, -0.25) is 0 Å². The maximum Gasteiger partial charge on any atom is 0.136 e. The standard InChI is InChI=1S/C16H24O4.C7H8/c1-7-11(2)20-12(3)13-8-14(17-4)10-16(19-6)15(9-13)18-5;1-7-5-3-2-4-6-7/h8-11,16H,3,7H2,1-2,4-6H3;2-6H,1H3. The molecule has 0 saturated heterocycles. The summed E-state index contributed by atoms with van der Waals surface area (Å²) in [6, 6.07) is 10.3. The van der Waals surface area contributed by atoms with Crippen molar-refractivity contribution >= 4 is 0 Å². The van der Waals surface area contributed by atoms with E-state index in [1.54, 1.807) is 21.3 Å². The van der Waals surface area contributed by atoms with Gasteiger partial charge in [0, 0.05) is 12.7 Å². The lowest BCUT2D eigenvalue weighted by Gasteiger charge is -2.16. The fourth-order valence-electron chi connectivity index (χ4n) is 2.29. The SMILES string of the molecule is C=C(OC(C)CC)C1=CC(OC)=CC(OC)C(OC)=C1.Cc1ccccc1. The number of rotatable bonds is 7. The highest BCUT2D eigenvalue weighted by molar-refractivity contribution is 5.44. The minimum atomic E-state index is -0.292. The van der Waals surface area contributed by atoms with E-state index in [1.165, 1.54) is 5.56 Å². The van der Waals surface area contributed by atoms with Crippen LogP contribution in [0, 0.1) is 6.92 Å². The Bertz CT molecular complexity index is 671. The van der Waals surface area contributed by atoms with E-state index < -0.39 is 0 Å². The lowest BCUT2D eigenvalue weighted by Crippen LogP contribution is -2.13. The van der Waals surface area contributed by atoms with Crippen molar-refractivity contribution in [1.29, 1.82) is 0 Å². The molecule has 0 saturated carbocycles. The van der Waals surface area contributed by atoms with Crippen LogP contribution in [0.4, 0.5) is 0 Å². The van der Waals surface area contributed by atoms with Crippen molar-refractivity contribution in [2.75, 3.05) is 21.3 Å². The van der Waals surface area contributed by atoms with Crippen LogP contribution in [0.25, 0.3) is 0 Å². The second-order valence-electron chi connectivity index (χ2n) is 6.19. The van der Waals surface area contributed by atoms with Crippen molar-refractivity contribution in [3.8, 4) is 0 Å². The van der Waals surface area contributed by atoms with Gasteiger partial charge in [0.15, 0.2) is 0 Å². The van der Waals surface area contributed by atoms with Crippen LogP contribution in [0.15, 0.2) is 78.0 Å². The summed E-state index contributed by atoms with van der Waals surface area (Å²) in [5, 5.41) is 0. The summed E-state index contributed by atoms with van der Waals surface area (Å²) in [6.45, 7) is 10.1. The number of aryl methyl sites for hydroxylation is 1. The van der Waals surface area contributed by atoms with Gasteiger partial charge in [0.1, 0.15) is 23.4 Å². The van der Waals surface area contributed by atoms with Gasteiger partial charge in [-0.15, -0.1) is 0 Å². The quantitative estimate of drug-likeness (QED) is 0.607. The van der Waals surface area contributed by atoms with Crippen LogP contribution in [0.1, 0.15) is 25.8 Å². The zero-order valence-electron chi connectivity index (χ0n) is 17.3. The summed E-state index contributed by atoms with van der Waals surface area (Å²) >= 11 is 0. The monoisotopic (exact) mass is 372 g/mol. The van der Waals surface area contributed by atoms with E-state index in [0.29, 0.717) is 17.3 Å². The number of ether oxygens (including phenoxy) is 4. The second-order valence-corrected chi connectivity index (χ2v) is 6.19. The molecule has 27 heavy (non-hydrogen) atoms. The van der Waals surface area contributed by atoms with Crippen molar-refractivity contribution in [1.82, 2.24) is 0 Å². The molecule has 0 amide bonds. The molecular formula is C23H32O4. The van der Waals surface area contributed by atoms with E-state index in [2.05, 4.69) is 32.6 Å². The van der Waals surface area contributed by atoms with Gasteiger partial charge < -0.3 is 18.9 Å². The summed E-state index contributed by atoms with van der Waals surface area (Å²) in [5.41, 5.74) is 2.14. The highest BCUT2D eigenvalue weighted by Crippen LogP contribution is 2.25. The molecule has 2 rings (SSSR count).